The van der Waals surface area contributed by atoms with Crippen molar-refractivity contribution in [3.8, 4) is 5.75 Å². The lowest BCUT2D eigenvalue weighted by atomic mass is 10.2. The van der Waals surface area contributed by atoms with Gasteiger partial charge in [-0.05, 0) is 35.9 Å². The van der Waals surface area contributed by atoms with Crippen molar-refractivity contribution in [3.63, 3.8) is 0 Å². The first-order valence-corrected chi connectivity index (χ1v) is 7.13. The summed E-state index contributed by atoms with van der Waals surface area (Å²) in [6.45, 7) is 0.194. The zero-order valence-electron chi connectivity index (χ0n) is 10.8. The molecule has 2 aromatic carbocycles. The van der Waals surface area contributed by atoms with Gasteiger partial charge in [-0.15, -0.1) is 12.6 Å². The molecule has 0 amide bonds. The molecule has 3 nitrogen and oxygen atoms in total. The van der Waals surface area contributed by atoms with E-state index in [2.05, 4.69) is 28.6 Å². The van der Waals surface area contributed by atoms with Crippen LogP contribution in [0.3, 0.4) is 0 Å². The third kappa shape index (κ3) is 3.77. The number of benzene rings is 2. The van der Waals surface area contributed by atoms with Gasteiger partial charge in [-0.25, -0.2) is 4.79 Å². The number of esters is 1. The molecule has 0 aromatic heterocycles. The largest absolute Gasteiger partial charge is 0.497 e. The van der Waals surface area contributed by atoms with E-state index in [1.165, 1.54) is 0 Å². The monoisotopic (exact) mass is 352 g/mol. The highest BCUT2D eigenvalue weighted by Gasteiger charge is 2.11. The minimum absolute atomic E-state index is 0.194. The van der Waals surface area contributed by atoms with E-state index < -0.39 is 5.97 Å². The molecule has 2 rings (SSSR count). The van der Waals surface area contributed by atoms with Crippen molar-refractivity contribution in [1.29, 1.82) is 0 Å². The second kappa shape index (κ2) is 6.81. The summed E-state index contributed by atoms with van der Waals surface area (Å²) in [5.74, 6) is 0.336. The minimum Gasteiger partial charge on any atom is -0.497 e. The molecular weight excluding hydrogens is 340 g/mol. The lowest BCUT2D eigenvalue weighted by Crippen LogP contribution is -2.06. The number of hydrogen-bond donors (Lipinski definition) is 1. The summed E-state index contributed by atoms with van der Waals surface area (Å²) in [5, 5.41) is 0. The molecule has 0 heterocycles. The maximum atomic E-state index is 12.0. The lowest BCUT2D eigenvalue weighted by molar-refractivity contribution is 0.0468. The summed E-state index contributed by atoms with van der Waals surface area (Å²) in [5.41, 5.74) is 1.31. The van der Waals surface area contributed by atoms with E-state index in [1.807, 2.05) is 24.3 Å². The van der Waals surface area contributed by atoms with E-state index >= 15 is 0 Å². The predicted octanol–water partition coefficient (Wildman–Crippen LogP) is 4.10. The van der Waals surface area contributed by atoms with E-state index in [0.29, 0.717) is 10.5 Å². The Labute approximate surface area is 131 Å². The molecule has 0 atom stereocenters. The number of ether oxygens (including phenoxy) is 2. The van der Waals surface area contributed by atoms with Crippen LogP contribution in [0.2, 0.25) is 0 Å². The van der Waals surface area contributed by atoms with Crippen LogP contribution in [0.4, 0.5) is 0 Å². The van der Waals surface area contributed by atoms with Crippen LogP contribution in [-0.2, 0) is 11.3 Å². The van der Waals surface area contributed by atoms with Gasteiger partial charge in [0.1, 0.15) is 12.4 Å². The standard InChI is InChI=1S/C15H13BrO3S/c1-18-12-4-2-3-10(7-12)9-19-15(17)13-6-5-11(16)8-14(13)20/h2-8,20H,9H2,1H3. The first-order valence-electron chi connectivity index (χ1n) is 5.88. The molecule has 0 aliphatic rings. The fraction of sp³-hybridized carbons (Fsp3) is 0.133. The molecule has 20 heavy (non-hydrogen) atoms. The quantitative estimate of drug-likeness (QED) is 0.664. The second-order valence-electron chi connectivity index (χ2n) is 4.09. The van der Waals surface area contributed by atoms with Crippen LogP contribution in [0.25, 0.3) is 0 Å². The molecule has 0 aliphatic carbocycles. The molecule has 0 radical (unpaired) electrons. The van der Waals surface area contributed by atoms with Gasteiger partial charge in [-0.3, -0.25) is 0 Å². The highest BCUT2D eigenvalue weighted by atomic mass is 79.9. The van der Waals surface area contributed by atoms with Crippen molar-refractivity contribution >= 4 is 34.5 Å². The van der Waals surface area contributed by atoms with Crippen molar-refractivity contribution in [2.45, 2.75) is 11.5 Å². The summed E-state index contributed by atoms with van der Waals surface area (Å²) >= 11 is 7.59. The van der Waals surface area contributed by atoms with E-state index in [9.17, 15) is 4.79 Å². The van der Waals surface area contributed by atoms with Gasteiger partial charge < -0.3 is 9.47 Å². The highest BCUT2D eigenvalue weighted by molar-refractivity contribution is 9.10. The topological polar surface area (TPSA) is 35.5 Å². The predicted molar refractivity (Wildman–Crippen MR) is 83.5 cm³/mol. The Bertz CT molecular complexity index is 628. The van der Waals surface area contributed by atoms with Gasteiger partial charge in [0.25, 0.3) is 0 Å². The number of carbonyl (C=O) groups excluding carboxylic acids is 1. The molecule has 2 aromatic rings. The first kappa shape index (κ1) is 14.9. The number of halogens is 1. The van der Waals surface area contributed by atoms with Crippen LogP contribution in [0.5, 0.6) is 5.75 Å². The number of rotatable bonds is 4. The van der Waals surface area contributed by atoms with Crippen LogP contribution in [0.1, 0.15) is 15.9 Å². The molecule has 0 N–H and O–H groups in total. The maximum Gasteiger partial charge on any atom is 0.339 e. The molecule has 0 aliphatic heterocycles. The van der Waals surface area contributed by atoms with Gasteiger partial charge in [0.2, 0.25) is 0 Å². The van der Waals surface area contributed by atoms with Gasteiger partial charge in [0, 0.05) is 9.37 Å². The number of methoxy groups -OCH3 is 1. The fourth-order valence-corrected chi connectivity index (χ4v) is 2.51. The van der Waals surface area contributed by atoms with Gasteiger partial charge in [-0.1, -0.05) is 28.1 Å². The molecule has 0 spiro atoms. The molecular formula is C15H13BrO3S. The second-order valence-corrected chi connectivity index (χ2v) is 5.49. The van der Waals surface area contributed by atoms with Gasteiger partial charge in [0.15, 0.2) is 0 Å². The molecule has 0 unspecified atom stereocenters. The van der Waals surface area contributed by atoms with Crippen LogP contribution in [0.15, 0.2) is 51.8 Å². The van der Waals surface area contributed by atoms with Crippen molar-refractivity contribution in [3.05, 3.63) is 58.1 Å². The zero-order valence-corrected chi connectivity index (χ0v) is 13.3. The molecule has 0 bridgehead atoms. The summed E-state index contributed by atoms with van der Waals surface area (Å²) in [7, 11) is 1.60. The Hall–Kier alpha value is -1.46. The fourth-order valence-electron chi connectivity index (χ4n) is 1.67. The Morgan fingerprint density at radius 2 is 2.05 bits per heavy atom. The zero-order chi connectivity index (χ0) is 14.5. The van der Waals surface area contributed by atoms with Gasteiger partial charge >= 0.3 is 5.97 Å². The van der Waals surface area contributed by atoms with Crippen molar-refractivity contribution in [2.24, 2.45) is 0 Å². The number of carbonyl (C=O) groups is 1. The van der Waals surface area contributed by atoms with Crippen LogP contribution < -0.4 is 4.74 Å². The van der Waals surface area contributed by atoms with E-state index in [-0.39, 0.29) is 6.61 Å². The molecule has 5 heteroatoms. The van der Waals surface area contributed by atoms with Crippen LogP contribution in [-0.4, -0.2) is 13.1 Å². The SMILES string of the molecule is COc1cccc(COC(=O)c2ccc(Br)cc2S)c1. The average Bonchev–Trinajstić information content (AvgIpc) is 2.45. The van der Waals surface area contributed by atoms with Crippen molar-refractivity contribution in [2.75, 3.05) is 7.11 Å². The Kier molecular flexibility index (Phi) is 5.09. The summed E-state index contributed by atoms with van der Waals surface area (Å²) in [6.07, 6.45) is 0. The summed E-state index contributed by atoms with van der Waals surface area (Å²) < 4.78 is 11.3. The Morgan fingerprint density at radius 3 is 2.75 bits per heavy atom. The molecule has 0 fully saturated rings. The highest BCUT2D eigenvalue weighted by Crippen LogP contribution is 2.21. The number of hydrogen-bond acceptors (Lipinski definition) is 4. The third-order valence-corrected chi connectivity index (χ3v) is 3.55. The summed E-state index contributed by atoms with van der Waals surface area (Å²) in [6, 6.07) is 12.6. The third-order valence-electron chi connectivity index (χ3n) is 2.68. The smallest absolute Gasteiger partial charge is 0.339 e. The minimum atomic E-state index is -0.398. The van der Waals surface area contributed by atoms with Gasteiger partial charge in [0.05, 0.1) is 12.7 Å². The number of thiol groups is 1. The van der Waals surface area contributed by atoms with E-state index in [4.69, 9.17) is 9.47 Å². The Morgan fingerprint density at radius 1 is 1.25 bits per heavy atom. The van der Waals surface area contributed by atoms with Crippen molar-refractivity contribution < 1.29 is 14.3 Å². The van der Waals surface area contributed by atoms with E-state index in [0.717, 1.165) is 15.8 Å². The average molecular weight is 353 g/mol. The van der Waals surface area contributed by atoms with Gasteiger partial charge in [-0.2, -0.15) is 0 Å². The van der Waals surface area contributed by atoms with Crippen molar-refractivity contribution in [1.82, 2.24) is 0 Å². The first-order chi connectivity index (χ1) is 9.60. The molecule has 0 saturated carbocycles. The van der Waals surface area contributed by atoms with E-state index in [1.54, 1.807) is 25.3 Å². The summed E-state index contributed by atoms with van der Waals surface area (Å²) in [4.78, 5) is 12.6. The van der Waals surface area contributed by atoms with Crippen LogP contribution >= 0.6 is 28.6 Å². The molecule has 104 valence electrons. The Balaban J connectivity index is 2.04. The van der Waals surface area contributed by atoms with Crippen LogP contribution in [0, 0.1) is 0 Å². The normalized spacial score (nSPS) is 10.2. The molecule has 0 saturated heterocycles. The lowest BCUT2D eigenvalue weighted by Gasteiger charge is -2.08. The maximum absolute atomic E-state index is 12.0.